The van der Waals surface area contributed by atoms with E-state index in [1.807, 2.05) is 25.7 Å². The Hall–Kier alpha value is -1.81. The van der Waals surface area contributed by atoms with Crippen molar-refractivity contribution < 1.29 is 9.53 Å². The summed E-state index contributed by atoms with van der Waals surface area (Å²) in [6, 6.07) is 11.9. The third-order valence-corrected chi connectivity index (χ3v) is 6.34. The smallest absolute Gasteiger partial charge is 0.410 e. The van der Waals surface area contributed by atoms with Crippen LogP contribution < -0.4 is 5.32 Å². The zero-order valence-corrected chi connectivity index (χ0v) is 17.7. The van der Waals surface area contributed by atoms with E-state index in [9.17, 15) is 4.79 Å². The number of carbonyl (C=O) groups excluding carboxylic acids is 1. The number of benzene rings is 1. The van der Waals surface area contributed by atoms with E-state index in [4.69, 9.17) is 4.74 Å². The summed E-state index contributed by atoms with van der Waals surface area (Å²) in [6.45, 7) is 9.76. The number of likely N-dealkylation sites (tertiary alicyclic amines) is 1. The summed E-state index contributed by atoms with van der Waals surface area (Å²) in [7, 11) is 0. The fourth-order valence-corrected chi connectivity index (χ4v) is 4.91. The van der Waals surface area contributed by atoms with Crippen LogP contribution >= 0.6 is 0 Å². The molecule has 2 aliphatic carbocycles. The topological polar surface area (TPSA) is 41.6 Å². The first kappa shape index (κ1) is 19.5. The summed E-state index contributed by atoms with van der Waals surface area (Å²) >= 11 is 0. The number of nitrogens with one attached hydrogen (secondary N) is 1. The van der Waals surface area contributed by atoms with Gasteiger partial charge in [0.15, 0.2) is 0 Å². The maximum absolute atomic E-state index is 12.1. The van der Waals surface area contributed by atoms with E-state index in [0.29, 0.717) is 23.4 Å². The van der Waals surface area contributed by atoms with Gasteiger partial charge in [-0.25, -0.2) is 4.79 Å². The van der Waals surface area contributed by atoms with Crippen LogP contribution in [0.2, 0.25) is 0 Å². The Bertz CT molecular complexity index is 736. The molecular weight excluding hydrogens is 348 g/mol. The summed E-state index contributed by atoms with van der Waals surface area (Å²) in [5.41, 5.74) is 2.82. The van der Waals surface area contributed by atoms with Crippen LogP contribution in [-0.4, -0.2) is 41.8 Å². The first-order valence-corrected chi connectivity index (χ1v) is 10.8. The Morgan fingerprint density at radius 2 is 1.93 bits per heavy atom. The lowest BCUT2D eigenvalue weighted by molar-refractivity contribution is -0.0831. The predicted molar refractivity (Wildman–Crippen MR) is 113 cm³/mol. The monoisotopic (exact) mass is 382 g/mol. The molecule has 1 heterocycles. The van der Waals surface area contributed by atoms with Gasteiger partial charge >= 0.3 is 6.09 Å². The standard InChI is InChI=1S/C24H34N2O2/c1-5-18(11-17-9-7-6-8-10-17)20-12-21(20)25-19-13-24(14-19)15-26(16-24)22(27)28-23(2,3)4/h6-11,19-21,25H,5,12-16H2,1-4H3. The second-order valence-electron chi connectivity index (χ2n) is 10.0. The average molecular weight is 383 g/mol. The molecule has 1 spiro atoms. The van der Waals surface area contributed by atoms with Gasteiger partial charge in [0.1, 0.15) is 5.60 Å². The number of carbonyl (C=O) groups is 1. The van der Waals surface area contributed by atoms with Crippen molar-refractivity contribution in [3.05, 3.63) is 41.5 Å². The van der Waals surface area contributed by atoms with Crippen molar-refractivity contribution in [1.82, 2.24) is 10.2 Å². The maximum Gasteiger partial charge on any atom is 0.410 e. The number of amides is 1. The van der Waals surface area contributed by atoms with Gasteiger partial charge in [-0.15, -0.1) is 0 Å². The molecule has 0 bridgehead atoms. The normalized spacial score (nSPS) is 26.6. The first-order chi connectivity index (χ1) is 13.3. The van der Waals surface area contributed by atoms with Crippen LogP contribution in [0.1, 0.15) is 58.9 Å². The Balaban J connectivity index is 1.21. The lowest BCUT2D eigenvalue weighted by Crippen LogP contribution is -2.67. The Labute approximate surface area is 169 Å². The molecular formula is C24H34N2O2. The maximum atomic E-state index is 12.1. The van der Waals surface area contributed by atoms with E-state index in [1.54, 1.807) is 5.57 Å². The van der Waals surface area contributed by atoms with Crippen molar-refractivity contribution in [3.63, 3.8) is 0 Å². The number of hydrogen-bond acceptors (Lipinski definition) is 3. The van der Waals surface area contributed by atoms with Crippen LogP contribution in [0.3, 0.4) is 0 Å². The van der Waals surface area contributed by atoms with E-state index < -0.39 is 5.60 Å². The van der Waals surface area contributed by atoms with E-state index in [-0.39, 0.29) is 6.09 Å². The van der Waals surface area contributed by atoms with Crippen molar-refractivity contribution in [3.8, 4) is 0 Å². The molecule has 4 rings (SSSR count). The number of nitrogens with zero attached hydrogens (tertiary/aromatic N) is 1. The van der Waals surface area contributed by atoms with Crippen LogP contribution in [0.15, 0.2) is 35.9 Å². The van der Waals surface area contributed by atoms with Crippen molar-refractivity contribution in [1.29, 1.82) is 0 Å². The van der Waals surface area contributed by atoms with Gasteiger partial charge in [0, 0.05) is 30.6 Å². The molecule has 4 nitrogen and oxygen atoms in total. The number of rotatable bonds is 5. The molecule has 1 amide bonds. The van der Waals surface area contributed by atoms with E-state index in [1.165, 1.54) is 24.8 Å². The highest BCUT2D eigenvalue weighted by atomic mass is 16.6. The second-order valence-corrected chi connectivity index (χ2v) is 10.0. The molecule has 152 valence electrons. The molecule has 1 aromatic rings. The minimum atomic E-state index is -0.408. The summed E-state index contributed by atoms with van der Waals surface area (Å²) < 4.78 is 5.47. The van der Waals surface area contributed by atoms with Gasteiger partial charge in [0.05, 0.1) is 0 Å². The molecule has 0 aromatic heterocycles. The third kappa shape index (κ3) is 4.27. The van der Waals surface area contributed by atoms with Crippen LogP contribution in [-0.2, 0) is 4.74 Å². The highest BCUT2D eigenvalue weighted by Crippen LogP contribution is 2.50. The summed E-state index contributed by atoms with van der Waals surface area (Å²) in [6.07, 6.45) is 6.99. The van der Waals surface area contributed by atoms with Crippen molar-refractivity contribution in [2.24, 2.45) is 11.3 Å². The van der Waals surface area contributed by atoms with Gasteiger partial charge in [-0.3, -0.25) is 0 Å². The zero-order valence-electron chi connectivity index (χ0n) is 17.7. The molecule has 4 heteroatoms. The molecule has 28 heavy (non-hydrogen) atoms. The third-order valence-electron chi connectivity index (χ3n) is 6.34. The van der Waals surface area contributed by atoms with Gasteiger partial charge in [0.25, 0.3) is 0 Å². The van der Waals surface area contributed by atoms with Gasteiger partial charge in [0.2, 0.25) is 0 Å². The van der Waals surface area contributed by atoms with Crippen LogP contribution in [0.25, 0.3) is 6.08 Å². The minimum absolute atomic E-state index is 0.157. The van der Waals surface area contributed by atoms with Gasteiger partial charge in [-0.2, -0.15) is 0 Å². The van der Waals surface area contributed by atoms with E-state index in [0.717, 1.165) is 19.5 Å². The van der Waals surface area contributed by atoms with Crippen molar-refractivity contribution in [2.75, 3.05) is 13.1 Å². The second kappa shape index (κ2) is 7.22. The molecule has 1 N–H and O–H groups in total. The van der Waals surface area contributed by atoms with E-state index >= 15 is 0 Å². The largest absolute Gasteiger partial charge is 0.444 e. The Kier molecular flexibility index (Phi) is 5.03. The lowest BCUT2D eigenvalue weighted by Gasteiger charge is -2.58. The highest BCUT2D eigenvalue weighted by Gasteiger charge is 2.55. The SMILES string of the molecule is CCC(=Cc1ccccc1)C1CC1NC1CC2(C1)CN(C(=O)OC(C)(C)C)C2. The van der Waals surface area contributed by atoms with Crippen LogP contribution in [0, 0.1) is 11.3 Å². The molecule has 1 saturated heterocycles. The zero-order chi connectivity index (χ0) is 19.9. The molecule has 2 saturated carbocycles. The van der Waals surface area contributed by atoms with E-state index in [2.05, 4.69) is 48.6 Å². The quantitative estimate of drug-likeness (QED) is 0.791. The van der Waals surface area contributed by atoms with Gasteiger partial charge in [-0.05, 0) is 57.9 Å². The molecule has 3 fully saturated rings. The van der Waals surface area contributed by atoms with Gasteiger partial charge in [-0.1, -0.05) is 48.9 Å². The fourth-order valence-electron chi connectivity index (χ4n) is 4.91. The molecule has 3 aliphatic rings. The predicted octanol–water partition coefficient (Wildman–Crippen LogP) is 4.86. The molecule has 2 atom stereocenters. The van der Waals surface area contributed by atoms with Crippen molar-refractivity contribution >= 4 is 12.2 Å². The average Bonchev–Trinajstić information content (AvgIpc) is 3.32. The summed E-state index contributed by atoms with van der Waals surface area (Å²) in [5.74, 6) is 0.696. The number of hydrogen-bond donors (Lipinski definition) is 1. The molecule has 0 radical (unpaired) electrons. The highest BCUT2D eigenvalue weighted by molar-refractivity contribution is 5.69. The van der Waals surface area contributed by atoms with Crippen LogP contribution in [0.5, 0.6) is 0 Å². The van der Waals surface area contributed by atoms with Crippen LogP contribution in [0.4, 0.5) is 4.79 Å². The summed E-state index contributed by atoms with van der Waals surface area (Å²) in [5, 5.41) is 3.87. The minimum Gasteiger partial charge on any atom is -0.444 e. The Morgan fingerprint density at radius 1 is 1.25 bits per heavy atom. The first-order valence-electron chi connectivity index (χ1n) is 10.8. The molecule has 1 aliphatic heterocycles. The Morgan fingerprint density at radius 3 is 2.54 bits per heavy atom. The van der Waals surface area contributed by atoms with Gasteiger partial charge < -0.3 is 15.0 Å². The fraction of sp³-hybridized carbons (Fsp3) is 0.625. The lowest BCUT2D eigenvalue weighted by atomic mass is 9.60. The molecule has 2 unspecified atom stereocenters. The molecule has 1 aromatic carbocycles. The number of ether oxygens (including phenoxy) is 1. The summed E-state index contributed by atoms with van der Waals surface area (Å²) in [4.78, 5) is 14.0. The van der Waals surface area contributed by atoms with Crippen molar-refractivity contribution in [2.45, 2.75) is 71.1 Å².